The molecule has 0 saturated carbocycles. The lowest BCUT2D eigenvalue weighted by atomic mass is 10.1. The van der Waals surface area contributed by atoms with Gasteiger partial charge in [-0.2, -0.15) is 0 Å². The van der Waals surface area contributed by atoms with Crippen LogP contribution in [0.15, 0.2) is 41.4 Å². The molecule has 148 valence electrons. The van der Waals surface area contributed by atoms with Gasteiger partial charge in [-0.05, 0) is 23.8 Å². The number of rotatable bonds is 7. The number of nitrogens with one attached hydrogen (secondary N) is 3. The van der Waals surface area contributed by atoms with Gasteiger partial charge in [0.15, 0.2) is 5.96 Å². The molecule has 0 saturated heterocycles. The molecule has 0 unspecified atom stereocenters. The van der Waals surface area contributed by atoms with Crippen LogP contribution in [0.25, 0.3) is 0 Å². The lowest BCUT2D eigenvalue weighted by molar-refractivity contribution is 0.0946. The number of carbonyl (C=O) groups excluding carboxylic acids is 1. The number of nitrogens with zero attached hydrogens (tertiary/aromatic N) is 1. The summed E-state index contributed by atoms with van der Waals surface area (Å²) < 4.78 is 25.2. The molecule has 0 radical (unpaired) electrons. The maximum absolute atomic E-state index is 14.8. The third-order valence-corrected chi connectivity index (χ3v) is 4.31. The Hall–Kier alpha value is -3.29. The molecule has 1 amide bonds. The molecule has 0 aliphatic carbocycles. The standard InChI is InChI=1S/C20H23FN4O3/c1-27-15-8-13(9-16(10-15)28-2)11-24-19(26)17-5-3-4-14(18(17)21)12-25-20-22-6-7-23-20/h3-5,8-10H,6-7,11-12H2,1-2H3,(H,24,26)(H2,22,23,25). The summed E-state index contributed by atoms with van der Waals surface area (Å²) in [6.07, 6.45) is 0. The first-order valence-corrected chi connectivity index (χ1v) is 8.90. The van der Waals surface area contributed by atoms with Crippen molar-refractivity contribution in [3.05, 3.63) is 58.9 Å². The number of halogens is 1. The first-order valence-electron chi connectivity index (χ1n) is 8.90. The monoisotopic (exact) mass is 386 g/mol. The summed E-state index contributed by atoms with van der Waals surface area (Å²) in [6.45, 7) is 1.92. The fourth-order valence-electron chi connectivity index (χ4n) is 2.83. The van der Waals surface area contributed by atoms with Gasteiger partial charge in [-0.15, -0.1) is 0 Å². The van der Waals surface area contributed by atoms with Crippen molar-refractivity contribution >= 4 is 11.9 Å². The van der Waals surface area contributed by atoms with Crippen LogP contribution in [0.1, 0.15) is 21.5 Å². The molecule has 28 heavy (non-hydrogen) atoms. The van der Waals surface area contributed by atoms with E-state index in [4.69, 9.17) is 9.47 Å². The zero-order valence-electron chi connectivity index (χ0n) is 15.8. The number of hydrogen-bond donors (Lipinski definition) is 3. The van der Waals surface area contributed by atoms with E-state index in [1.807, 2.05) is 0 Å². The van der Waals surface area contributed by atoms with Crippen molar-refractivity contribution in [1.29, 1.82) is 0 Å². The number of aliphatic imine (C=N–C) groups is 1. The Morgan fingerprint density at radius 3 is 2.57 bits per heavy atom. The molecule has 0 atom stereocenters. The second kappa shape index (κ2) is 9.07. The average Bonchev–Trinajstić information content (AvgIpc) is 3.24. The largest absolute Gasteiger partial charge is 0.497 e. The summed E-state index contributed by atoms with van der Waals surface area (Å²) in [6, 6.07) is 10.1. The average molecular weight is 386 g/mol. The SMILES string of the molecule is COc1cc(CNC(=O)c2cccc(CNC3=NCCN3)c2F)cc(OC)c1. The second-order valence-electron chi connectivity index (χ2n) is 6.19. The van der Waals surface area contributed by atoms with Gasteiger partial charge in [0.1, 0.15) is 17.3 Å². The Balaban J connectivity index is 1.66. The second-order valence-corrected chi connectivity index (χ2v) is 6.19. The first kappa shape index (κ1) is 19.5. The Labute approximate surface area is 163 Å². The van der Waals surface area contributed by atoms with E-state index in [0.29, 0.717) is 29.6 Å². The minimum Gasteiger partial charge on any atom is -0.497 e. The van der Waals surface area contributed by atoms with Gasteiger partial charge in [0.25, 0.3) is 5.91 Å². The van der Waals surface area contributed by atoms with E-state index >= 15 is 0 Å². The summed E-state index contributed by atoms with van der Waals surface area (Å²) in [4.78, 5) is 16.7. The molecule has 2 aromatic carbocycles. The third-order valence-electron chi connectivity index (χ3n) is 4.31. The molecule has 0 bridgehead atoms. The highest BCUT2D eigenvalue weighted by Crippen LogP contribution is 2.22. The quantitative estimate of drug-likeness (QED) is 0.676. The van der Waals surface area contributed by atoms with E-state index in [9.17, 15) is 9.18 Å². The molecular formula is C20H23FN4O3. The molecule has 0 spiro atoms. The van der Waals surface area contributed by atoms with Crippen LogP contribution in [0.3, 0.4) is 0 Å². The normalized spacial score (nSPS) is 12.8. The molecule has 2 aromatic rings. The van der Waals surface area contributed by atoms with Crippen molar-refractivity contribution < 1.29 is 18.7 Å². The van der Waals surface area contributed by atoms with Gasteiger partial charge in [-0.25, -0.2) is 4.39 Å². The fourth-order valence-corrected chi connectivity index (χ4v) is 2.83. The van der Waals surface area contributed by atoms with Crippen LogP contribution in [0.5, 0.6) is 11.5 Å². The van der Waals surface area contributed by atoms with Gasteiger partial charge < -0.3 is 25.4 Å². The number of benzene rings is 2. The number of ether oxygens (including phenoxy) is 2. The predicted molar refractivity (Wildman–Crippen MR) is 104 cm³/mol. The highest BCUT2D eigenvalue weighted by Gasteiger charge is 2.16. The molecular weight excluding hydrogens is 363 g/mol. The number of methoxy groups -OCH3 is 2. The summed E-state index contributed by atoms with van der Waals surface area (Å²) in [5, 5.41) is 8.82. The summed E-state index contributed by atoms with van der Waals surface area (Å²) in [7, 11) is 3.11. The van der Waals surface area contributed by atoms with E-state index in [1.54, 1.807) is 44.6 Å². The Bertz CT molecular complexity index is 863. The van der Waals surface area contributed by atoms with Crippen LogP contribution in [-0.2, 0) is 13.1 Å². The zero-order chi connectivity index (χ0) is 19.9. The van der Waals surface area contributed by atoms with Crippen LogP contribution < -0.4 is 25.4 Å². The van der Waals surface area contributed by atoms with Crippen LogP contribution in [0.4, 0.5) is 4.39 Å². The number of carbonyl (C=O) groups is 1. The lowest BCUT2D eigenvalue weighted by Crippen LogP contribution is -2.33. The van der Waals surface area contributed by atoms with Gasteiger partial charge in [0, 0.05) is 31.3 Å². The molecule has 1 aliphatic heterocycles. The van der Waals surface area contributed by atoms with Crippen molar-refractivity contribution in [3.63, 3.8) is 0 Å². The van der Waals surface area contributed by atoms with Crippen LogP contribution in [0.2, 0.25) is 0 Å². The Kier molecular flexibility index (Phi) is 6.31. The molecule has 1 heterocycles. The van der Waals surface area contributed by atoms with Crippen LogP contribution in [-0.4, -0.2) is 39.2 Å². The van der Waals surface area contributed by atoms with Crippen molar-refractivity contribution in [2.24, 2.45) is 4.99 Å². The number of hydrogen-bond acceptors (Lipinski definition) is 6. The fraction of sp³-hybridized carbons (Fsp3) is 0.300. The predicted octanol–water partition coefficient (Wildman–Crippen LogP) is 1.82. The van der Waals surface area contributed by atoms with Crippen LogP contribution in [0, 0.1) is 5.82 Å². The van der Waals surface area contributed by atoms with E-state index in [1.165, 1.54) is 6.07 Å². The molecule has 3 N–H and O–H groups in total. The third kappa shape index (κ3) is 4.70. The summed E-state index contributed by atoms with van der Waals surface area (Å²) in [5.41, 5.74) is 1.18. The Morgan fingerprint density at radius 2 is 1.93 bits per heavy atom. The maximum Gasteiger partial charge on any atom is 0.254 e. The van der Waals surface area contributed by atoms with Gasteiger partial charge in [0.05, 0.1) is 26.3 Å². The Morgan fingerprint density at radius 1 is 1.18 bits per heavy atom. The summed E-state index contributed by atoms with van der Waals surface area (Å²) in [5.74, 6) is 0.839. The number of amides is 1. The number of guanidine groups is 1. The van der Waals surface area contributed by atoms with E-state index in [-0.39, 0.29) is 18.7 Å². The van der Waals surface area contributed by atoms with Gasteiger partial charge >= 0.3 is 0 Å². The highest BCUT2D eigenvalue weighted by molar-refractivity contribution is 5.94. The van der Waals surface area contributed by atoms with Gasteiger partial charge in [-0.3, -0.25) is 9.79 Å². The highest BCUT2D eigenvalue weighted by atomic mass is 19.1. The van der Waals surface area contributed by atoms with E-state index in [0.717, 1.165) is 12.1 Å². The van der Waals surface area contributed by atoms with E-state index < -0.39 is 11.7 Å². The smallest absolute Gasteiger partial charge is 0.254 e. The first-order chi connectivity index (χ1) is 13.6. The van der Waals surface area contributed by atoms with Crippen molar-refractivity contribution in [2.75, 3.05) is 27.3 Å². The van der Waals surface area contributed by atoms with E-state index in [2.05, 4.69) is 20.9 Å². The van der Waals surface area contributed by atoms with Crippen molar-refractivity contribution in [2.45, 2.75) is 13.1 Å². The minimum absolute atomic E-state index is 0.00418. The molecule has 1 aliphatic rings. The topological polar surface area (TPSA) is 84.0 Å². The summed E-state index contributed by atoms with van der Waals surface area (Å²) >= 11 is 0. The van der Waals surface area contributed by atoms with Gasteiger partial charge in [-0.1, -0.05) is 12.1 Å². The molecule has 8 heteroatoms. The molecule has 7 nitrogen and oxygen atoms in total. The maximum atomic E-state index is 14.8. The van der Waals surface area contributed by atoms with Crippen molar-refractivity contribution in [3.8, 4) is 11.5 Å². The minimum atomic E-state index is -0.547. The molecule has 3 rings (SSSR count). The lowest BCUT2D eigenvalue weighted by Gasteiger charge is -2.12. The van der Waals surface area contributed by atoms with Gasteiger partial charge in [0.2, 0.25) is 0 Å². The molecule has 0 fully saturated rings. The zero-order valence-corrected chi connectivity index (χ0v) is 15.8. The van der Waals surface area contributed by atoms with Crippen molar-refractivity contribution in [1.82, 2.24) is 16.0 Å². The van der Waals surface area contributed by atoms with Crippen LogP contribution >= 0.6 is 0 Å². The molecule has 0 aromatic heterocycles.